The summed E-state index contributed by atoms with van der Waals surface area (Å²) in [6.45, 7) is 5.86. The molecule has 4 rings (SSSR count). The molecule has 31 heavy (non-hydrogen) atoms. The topological polar surface area (TPSA) is 93.5 Å². The number of benzene rings is 1. The molecule has 2 heterocycles. The first-order valence-electron chi connectivity index (χ1n) is 10.6. The monoisotopic (exact) mass is 424 g/mol. The number of rotatable bonds is 4. The van der Waals surface area contributed by atoms with Gasteiger partial charge in [0, 0.05) is 11.7 Å². The zero-order valence-corrected chi connectivity index (χ0v) is 18.4. The Labute approximate surface area is 181 Å². The molecule has 8 heteroatoms. The van der Waals surface area contributed by atoms with Crippen molar-refractivity contribution >= 4 is 23.5 Å². The Morgan fingerprint density at radius 2 is 1.94 bits per heavy atom. The van der Waals surface area contributed by atoms with E-state index in [1.165, 1.54) is 18.3 Å². The van der Waals surface area contributed by atoms with Crippen LogP contribution < -0.4 is 10.2 Å². The molecule has 1 aromatic heterocycles. The molecule has 0 radical (unpaired) electrons. The Balaban J connectivity index is 1.85. The zero-order valence-electron chi connectivity index (χ0n) is 18.4. The van der Waals surface area contributed by atoms with E-state index in [-0.39, 0.29) is 29.9 Å². The van der Waals surface area contributed by atoms with E-state index < -0.39 is 17.4 Å². The normalized spacial score (nSPS) is 21.2. The van der Waals surface area contributed by atoms with Crippen LogP contribution in [0.4, 0.5) is 5.69 Å². The number of hydrogen-bond acceptors (Lipinski definition) is 5. The van der Waals surface area contributed by atoms with Gasteiger partial charge in [0.15, 0.2) is 5.69 Å². The second-order valence-electron chi connectivity index (χ2n) is 8.65. The fourth-order valence-electron chi connectivity index (χ4n) is 4.64. The maximum absolute atomic E-state index is 13.8. The van der Waals surface area contributed by atoms with Crippen molar-refractivity contribution < 1.29 is 19.1 Å². The number of imidazole rings is 1. The number of aryl methyl sites for hydroxylation is 1. The molecule has 1 saturated carbocycles. The molecule has 2 aromatic rings. The molecule has 0 unspecified atom stereocenters. The quantitative estimate of drug-likeness (QED) is 0.762. The Kier molecular flexibility index (Phi) is 5.33. The number of carbonyl (C=O) groups is 3. The van der Waals surface area contributed by atoms with Gasteiger partial charge in [-0.1, -0.05) is 25.0 Å². The Morgan fingerprint density at radius 1 is 1.23 bits per heavy atom. The molecule has 1 N–H and O–H groups in total. The van der Waals surface area contributed by atoms with Gasteiger partial charge < -0.3 is 14.6 Å². The number of esters is 1. The second-order valence-corrected chi connectivity index (χ2v) is 8.65. The zero-order chi connectivity index (χ0) is 22.3. The lowest BCUT2D eigenvalue weighted by molar-refractivity contribution is -0.127. The molecule has 1 fully saturated rings. The van der Waals surface area contributed by atoms with E-state index in [1.54, 1.807) is 11.5 Å². The Hall–Kier alpha value is -3.16. The third-order valence-electron chi connectivity index (χ3n) is 6.59. The molecule has 1 aliphatic heterocycles. The second kappa shape index (κ2) is 7.83. The van der Waals surface area contributed by atoms with Gasteiger partial charge in [0.1, 0.15) is 11.2 Å². The van der Waals surface area contributed by atoms with Crippen molar-refractivity contribution in [3.63, 3.8) is 0 Å². The molecular formula is C23H28N4O4. The van der Waals surface area contributed by atoms with Crippen molar-refractivity contribution in [1.82, 2.24) is 14.9 Å². The lowest BCUT2D eigenvalue weighted by Crippen LogP contribution is -2.65. The van der Waals surface area contributed by atoms with Gasteiger partial charge >= 0.3 is 5.97 Å². The van der Waals surface area contributed by atoms with Crippen molar-refractivity contribution in [1.29, 1.82) is 0 Å². The number of aromatic nitrogens is 2. The lowest BCUT2D eigenvalue weighted by Gasteiger charge is -2.44. The predicted molar refractivity (Wildman–Crippen MR) is 115 cm³/mol. The van der Waals surface area contributed by atoms with Gasteiger partial charge in [-0.15, -0.1) is 0 Å². The van der Waals surface area contributed by atoms with Gasteiger partial charge in [-0.05, 0) is 50.8 Å². The van der Waals surface area contributed by atoms with Gasteiger partial charge in [-0.2, -0.15) is 0 Å². The number of anilines is 1. The van der Waals surface area contributed by atoms with E-state index in [0.29, 0.717) is 5.69 Å². The van der Waals surface area contributed by atoms with Crippen molar-refractivity contribution in [3.8, 4) is 0 Å². The van der Waals surface area contributed by atoms with Crippen LogP contribution in [0.25, 0.3) is 0 Å². The number of nitrogens with one attached hydrogen (secondary N) is 1. The van der Waals surface area contributed by atoms with Crippen LogP contribution in [-0.4, -0.2) is 46.0 Å². The van der Waals surface area contributed by atoms with Gasteiger partial charge in [-0.3, -0.25) is 14.5 Å². The summed E-state index contributed by atoms with van der Waals surface area (Å²) in [7, 11) is 1.25. The summed E-state index contributed by atoms with van der Waals surface area (Å²) >= 11 is 0. The fourth-order valence-corrected chi connectivity index (χ4v) is 4.64. The van der Waals surface area contributed by atoms with Crippen molar-refractivity contribution in [2.24, 2.45) is 0 Å². The van der Waals surface area contributed by atoms with Crippen LogP contribution in [0.1, 0.15) is 64.7 Å². The Bertz CT molecular complexity index is 1050. The molecule has 0 saturated heterocycles. The van der Waals surface area contributed by atoms with Crippen LogP contribution in [0, 0.1) is 13.8 Å². The average molecular weight is 425 g/mol. The van der Waals surface area contributed by atoms with E-state index in [1.807, 2.05) is 32.0 Å². The van der Waals surface area contributed by atoms with Gasteiger partial charge in [-0.25, -0.2) is 9.78 Å². The number of carbonyl (C=O) groups excluding carboxylic acids is 3. The van der Waals surface area contributed by atoms with Crippen LogP contribution in [0.5, 0.6) is 0 Å². The number of nitrogens with zero attached hydrogens (tertiary/aromatic N) is 3. The Morgan fingerprint density at radius 3 is 2.61 bits per heavy atom. The van der Waals surface area contributed by atoms with Crippen molar-refractivity contribution in [2.45, 2.75) is 64.6 Å². The van der Waals surface area contributed by atoms with Crippen LogP contribution in [-0.2, 0) is 16.1 Å². The first-order chi connectivity index (χ1) is 14.8. The van der Waals surface area contributed by atoms with Crippen LogP contribution in [0.15, 0.2) is 24.5 Å². The number of fused-ring (bicyclic) bond motifs is 1. The largest absolute Gasteiger partial charge is 0.464 e. The van der Waals surface area contributed by atoms with Gasteiger partial charge in [0.25, 0.3) is 5.91 Å². The van der Waals surface area contributed by atoms with Crippen molar-refractivity contribution in [3.05, 3.63) is 47.0 Å². The number of hydrogen-bond donors (Lipinski definition) is 1. The maximum atomic E-state index is 13.8. The van der Waals surface area contributed by atoms with Crippen molar-refractivity contribution in [2.75, 3.05) is 12.0 Å². The molecule has 0 bridgehead atoms. The minimum atomic E-state index is -1.18. The van der Waals surface area contributed by atoms with Crippen LogP contribution in [0.2, 0.25) is 0 Å². The van der Waals surface area contributed by atoms with Gasteiger partial charge in [0.2, 0.25) is 5.91 Å². The minimum absolute atomic E-state index is 0.0407. The van der Waals surface area contributed by atoms with Crippen LogP contribution >= 0.6 is 0 Å². The number of amides is 2. The van der Waals surface area contributed by atoms with E-state index in [9.17, 15) is 14.4 Å². The average Bonchev–Trinajstić information content (AvgIpc) is 3.40. The molecule has 2 aliphatic rings. The molecule has 2 amide bonds. The molecule has 1 atom stereocenters. The third-order valence-corrected chi connectivity index (χ3v) is 6.59. The number of methoxy groups -OCH3 is 1. The van der Waals surface area contributed by atoms with E-state index in [2.05, 4.69) is 10.3 Å². The molecule has 164 valence electrons. The third kappa shape index (κ3) is 3.40. The highest BCUT2D eigenvalue weighted by Crippen LogP contribution is 2.36. The minimum Gasteiger partial charge on any atom is -0.464 e. The highest BCUT2D eigenvalue weighted by atomic mass is 16.5. The van der Waals surface area contributed by atoms with E-state index >= 15 is 0 Å². The SMILES string of the molecule is COC(=O)c1ncn2c1C(=O)N(c1cccc(C)c1C)[C@](C)(C(=O)NC1CCCC1)C2. The summed E-state index contributed by atoms with van der Waals surface area (Å²) in [6, 6.07) is 5.79. The highest BCUT2D eigenvalue weighted by molar-refractivity contribution is 6.15. The fraction of sp³-hybridized carbons (Fsp3) is 0.478. The highest BCUT2D eigenvalue weighted by Gasteiger charge is 2.50. The molecular weight excluding hydrogens is 396 g/mol. The summed E-state index contributed by atoms with van der Waals surface area (Å²) in [5.74, 6) is -1.32. The summed E-state index contributed by atoms with van der Waals surface area (Å²) in [5, 5.41) is 3.16. The van der Waals surface area contributed by atoms with E-state index in [0.717, 1.165) is 36.8 Å². The smallest absolute Gasteiger partial charge is 0.359 e. The summed E-state index contributed by atoms with van der Waals surface area (Å²) < 4.78 is 6.40. The lowest BCUT2D eigenvalue weighted by atomic mass is 9.91. The van der Waals surface area contributed by atoms with Gasteiger partial charge in [0.05, 0.1) is 20.0 Å². The standard InChI is InChI=1S/C23H28N4O4/c1-14-8-7-11-17(15(14)2)27-20(28)19-18(21(29)31-4)24-13-26(19)12-23(27,3)22(30)25-16-9-5-6-10-16/h7-8,11,13,16H,5-6,9-10,12H2,1-4H3,(H,25,30)/t23-/m0/s1. The molecule has 1 aliphatic carbocycles. The summed E-state index contributed by atoms with van der Waals surface area (Å²) in [5.41, 5.74) is 1.48. The van der Waals surface area contributed by atoms with Crippen LogP contribution in [0.3, 0.4) is 0 Å². The van der Waals surface area contributed by atoms with E-state index in [4.69, 9.17) is 4.74 Å². The number of ether oxygens (including phenoxy) is 1. The molecule has 1 aromatic carbocycles. The molecule has 8 nitrogen and oxygen atoms in total. The molecule has 0 spiro atoms. The maximum Gasteiger partial charge on any atom is 0.359 e. The first-order valence-corrected chi connectivity index (χ1v) is 10.6. The summed E-state index contributed by atoms with van der Waals surface area (Å²) in [4.78, 5) is 45.3. The first kappa shape index (κ1) is 21.1. The predicted octanol–water partition coefficient (Wildman–Crippen LogP) is 2.76. The summed E-state index contributed by atoms with van der Waals surface area (Å²) in [6.07, 6.45) is 5.51.